The molecule has 0 radical (unpaired) electrons. The van der Waals surface area contributed by atoms with Gasteiger partial charge in [-0.1, -0.05) is 32.6 Å². The topological polar surface area (TPSA) is 6.48 Å². The van der Waals surface area contributed by atoms with Crippen molar-refractivity contribution in [3.63, 3.8) is 0 Å². The highest BCUT2D eigenvalue weighted by molar-refractivity contribution is 4.92. The van der Waals surface area contributed by atoms with Crippen LogP contribution in [0.2, 0.25) is 0 Å². The van der Waals surface area contributed by atoms with Crippen LogP contribution in [0.4, 0.5) is 0 Å². The molecule has 2 saturated heterocycles. The lowest BCUT2D eigenvalue weighted by molar-refractivity contribution is 0.0299. The number of hydrogen-bond donors (Lipinski definition) is 0. The Hall–Kier alpha value is -0.0800. The fourth-order valence-electron chi connectivity index (χ4n) is 3.86. The van der Waals surface area contributed by atoms with E-state index in [4.69, 9.17) is 0 Å². The van der Waals surface area contributed by atoms with E-state index in [2.05, 4.69) is 30.6 Å². The van der Waals surface area contributed by atoms with Gasteiger partial charge >= 0.3 is 0 Å². The van der Waals surface area contributed by atoms with Crippen LogP contribution in [0.5, 0.6) is 0 Å². The van der Waals surface area contributed by atoms with Crippen molar-refractivity contribution in [2.45, 2.75) is 83.8 Å². The van der Waals surface area contributed by atoms with Crippen LogP contribution < -0.4 is 0 Å². The van der Waals surface area contributed by atoms with E-state index in [1.54, 1.807) is 0 Å². The van der Waals surface area contributed by atoms with Crippen LogP contribution in [-0.2, 0) is 0 Å². The lowest BCUT2D eigenvalue weighted by Gasteiger charge is -2.45. The maximum Gasteiger partial charge on any atom is 0.0224 e. The smallest absolute Gasteiger partial charge is 0.0224 e. The van der Waals surface area contributed by atoms with Gasteiger partial charge < -0.3 is 0 Å². The van der Waals surface area contributed by atoms with Crippen molar-refractivity contribution >= 4 is 0 Å². The van der Waals surface area contributed by atoms with E-state index in [0.717, 1.165) is 18.1 Å². The molecule has 0 aromatic rings. The lowest BCUT2D eigenvalue weighted by Crippen LogP contribution is -2.57. The largest absolute Gasteiger partial charge is 0.298 e. The second-order valence-electron chi connectivity index (χ2n) is 6.54. The van der Waals surface area contributed by atoms with Gasteiger partial charge in [-0.15, -0.1) is 0 Å². The zero-order chi connectivity index (χ0) is 13.0. The summed E-state index contributed by atoms with van der Waals surface area (Å²) in [5.41, 5.74) is 0. The summed E-state index contributed by atoms with van der Waals surface area (Å²) in [6.07, 6.45) is 9.88. The number of nitrogens with zero attached hydrogens (tertiary/aromatic N) is 2. The zero-order valence-corrected chi connectivity index (χ0v) is 12.7. The SMILES string of the molecule is CCCCCCC(C)N1CC2CCCN2CC1C. The predicted octanol–water partition coefficient (Wildman–Crippen LogP) is 3.51. The van der Waals surface area contributed by atoms with Crippen LogP contribution in [0.25, 0.3) is 0 Å². The van der Waals surface area contributed by atoms with Crippen LogP contribution in [0.15, 0.2) is 0 Å². The van der Waals surface area contributed by atoms with E-state index in [0.29, 0.717) is 0 Å². The quantitative estimate of drug-likeness (QED) is 0.667. The Morgan fingerprint density at radius 3 is 2.78 bits per heavy atom. The second-order valence-corrected chi connectivity index (χ2v) is 6.54. The van der Waals surface area contributed by atoms with Crippen molar-refractivity contribution in [1.82, 2.24) is 9.80 Å². The summed E-state index contributed by atoms with van der Waals surface area (Å²) in [4.78, 5) is 5.52. The van der Waals surface area contributed by atoms with E-state index in [1.165, 1.54) is 64.6 Å². The van der Waals surface area contributed by atoms with Crippen LogP contribution in [-0.4, -0.2) is 47.6 Å². The molecule has 2 heterocycles. The molecular formula is C16H32N2. The van der Waals surface area contributed by atoms with E-state index >= 15 is 0 Å². The summed E-state index contributed by atoms with van der Waals surface area (Å²) < 4.78 is 0. The van der Waals surface area contributed by atoms with Gasteiger partial charge in [0.05, 0.1) is 0 Å². The molecule has 3 atom stereocenters. The molecular weight excluding hydrogens is 220 g/mol. The fraction of sp³-hybridized carbons (Fsp3) is 1.00. The van der Waals surface area contributed by atoms with Gasteiger partial charge in [-0.05, 0) is 39.7 Å². The number of piperazine rings is 1. The van der Waals surface area contributed by atoms with Gasteiger partial charge in [0.2, 0.25) is 0 Å². The summed E-state index contributed by atoms with van der Waals surface area (Å²) in [5, 5.41) is 0. The standard InChI is InChI=1S/C16H32N2/c1-4-5-6-7-9-14(2)18-13-16-10-8-11-17(16)12-15(18)3/h14-16H,4-13H2,1-3H3. The van der Waals surface area contributed by atoms with E-state index in [9.17, 15) is 0 Å². The van der Waals surface area contributed by atoms with Crippen molar-refractivity contribution in [2.75, 3.05) is 19.6 Å². The first-order valence-electron chi connectivity index (χ1n) is 8.22. The Balaban J connectivity index is 1.76. The third-order valence-electron chi connectivity index (χ3n) is 5.03. The minimum atomic E-state index is 0.764. The van der Waals surface area contributed by atoms with Crippen LogP contribution in [0.1, 0.15) is 65.7 Å². The first-order valence-corrected chi connectivity index (χ1v) is 8.22. The first kappa shape index (κ1) is 14.3. The minimum Gasteiger partial charge on any atom is -0.298 e. The minimum absolute atomic E-state index is 0.764. The maximum absolute atomic E-state index is 2.79. The predicted molar refractivity (Wildman–Crippen MR) is 79.0 cm³/mol. The molecule has 0 N–H and O–H groups in total. The molecule has 0 aliphatic carbocycles. The van der Waals surface area contributed by atoms with Gasteiger partial charge in [0.1, 0.15) is 0 Å². The van der Waals surface area contributed by atoms with E-state index in [1.807, 2.05) is 0 Å². The third-order valence-corrected chi connectivity index (χ3v) is 5.03. The molecule has 0 amide bonds. The highest BCUT2D eigenvalue weighted by Crippen LogP contribution is 2.27. The molecule has 106 valence electrons. The summed E-state index contributed by atoms with van der Waals surface area (Å²) in [6.45, 7) is 11.2. The monoisotopic (exact) mass is 252 g/mol. The summed E-state index contributed by atoms with van der Waals surface area (Å²) in [6, 6.07) is 2.43. The van der Waals surface area contributed by atoms with Crippen molar-refractivity contribution in [3.8, 4) is 0 Å². The van der Waals surface area contributed by atoms with Gasteiger partial charge in [0, 0.05) is 31.2 Å². The number of rotatable bonds is 6. The number of fused-ring (bicyclic) bond motifs is 1. The molecule has 0 saturated carbocycles. The van der Waals surface area contributed by atoms with Crippen molar-refractivity contribution in [2.24, 2.45) is 0 Å². The van der Waals surface area contributed by atoms with Gasteiger partial charge in [0.25, 0.3) is 0 Å². The van der Waals surface area contributed by atoms with Gasteiger partial charge in [0.15, 0.2) is 0 Å². The average Bonchev–Trinajstić information content (AvgIpc) is 2.80. The van der Waals surface area contributed by atoms with Crippen molar-refractivity contribution in [3.05, 3.63) is 0 Å². The Bertz CT molecular complexity index is 241. The lowest BCUT2D eigenvalue weighted by atomic mass is 10.0. The molecule has 2 aliphatic rings. The molecule has 0 aromatic carbocycles. The number of hydrogen-bond acceptors (Lipinski definition) is 2. The van der Waals surface area contributed by atoms with Gasteiger partial charge in [-0.3, -0.25) is 9.80 Å². The van der Waals surface area contributed by atoms with Crippen LogP contribution in [0, 0.1) is 0 Å². The van der Waals surface area contributed by atoms with E-state index in [-0.39, 0.29) is 0 Å². The molecule has 2 nitrogen and oxygen atoms in total. The molecule has 2 heteroatoms. The van der Waals surface area contributed by atoms with Gasteiger partial charge in [-0.2, -0.15) is 0 Å². The maximum atomic E-state index is 2.79. The van der Waals surface area contributed by atoms with Crippen LogP contribution >= 0.6 is 0 Å². The molecule has 0 bridgehead atoms. The Morgan fingerprint density at radius 2 is 2.00 bits per heavy atom. The van der Waals surface area contributed by atoms with E-state index < -0.39 is 0 Å². The molecule has 0 aromatic heterocycles. The molecule has 3 unspecified atom stereocenters. The van der Waals surface area contributed by atoms with Crippen molar-refractivity contribution in [1.29, 1.82) is 0 Å². The average molecular weight is 252 g/mol. The highest BCUT2D eigenvalue weighted by atomic mass is 15.3. The Kier molecular flexibility index (Phi) is 5.50. The first-order chi connectivity index (χ1) is 8.72. The van der Waals surface area contributed by atoms with Gasteiger partial charge in [-0.25, -0.2) is 0 Å². The summed E-state index contributed by atoms with van der Waals surface area (Å²) in [5.74, 6) is 0. The third kappa shape index (κ3) is 3.48. The molecule has 2 fully saturated rings. The molecule has 2 rings (SSSR count). The highest BCUT2D eigenvalue weighted by Gasteiger charge is 2.35. The zero-order valence-electron chi connectivity index (χ0n) is 12.7. The van der Waals surface area contributed by atoms with Crippen LogP contribution in [0.3, 0.4) is 0 Å². The second kappa shape index (κ2) is 6.91. The summed E-state index contributed by atoms with van der Waals surface area (Å²) in [7, 11) is 0. The van der Waals surface area contributed by atoms with Crippen molar-refractivity contribution < 1.29 is 0 Å². The molecule has 2 aliphatic heterocycles. The number of unbranched alkanes of at least 4 members (excludes halogenated alkanes) is 3. The molecule has 18 heavy (non-hydrogen) atoms. The fourth-order valence-corrected chi connectivity index (χ4v) is 3.86. The Morgan fingerprint density at radius 1 is 1.17 bits per heavy atom. The normalized spacial score (nSPS) is 31.5. The summed E-state index contributed by atoms with van der Waals surface area (Å²) >= 11 is 0. The Labute approximate surface area is 114 Å². The molecule has 0 spiro atoms.